The zero-order chi connectivity index (χ0) is 22.2. The van der Waals surface area contributed by atoms with Crippen LogP contribution in [0.5, 0.6) is 11.5 Å². The fourth-order valence-corrected chi connectivity index (χ4v) is 3.06. The lowest BCUT2D eigenvalue weighted by Crippen LogP contribution is -2.37. The van der Waals surface area contributed by atoms with E-state index in [9.17, 15) is 9.18 Å². The van der Waals surface area contributed by atoms with E-state index in [1.165, 1.54) is 12.1 Å². The van der Waals surface area contributed by atoms with E-state index in [0.29, 0.717) is 25.3 Å². The molecule has 1 N–H and O–H groups in total. The highest BCUT2D eigenvalue weighted by molar-refractivity contribution is 5.81. The number of hydrogen-bond acceptors (Lipinski definition) is 3. The molecule has 5 heteroatoms. The van der Waals surface area contributed by atoms with E-state index in [1.54, 1.807) is 12.1 Å². The maximum atomic E-state index is 13.0. The molecule has 3 rings (SSSR count). The fourth-order valence-electron chi connectivity index (χ4n) is 3.06. The average Bonchev–Trinajstić information content (AvgIpc) is 2.78. The molecule has 31 heavy (non-hydrogen) atoms. The number of nitrogens with one attached hydrogen (secondary N) is 1. The van der Waals surface area contributed by atoms with Crippen LogP contribution in [0, 0.1) is 19.7 Å². The molecule has 0 heterocycles. The Hall–Kier alpha value is -3.34. The second-order valence-electron chi connectivity index (χ2n) is 7.56. The van der Waals surface area contributed by atoms with Crippen LogP contribution in [0.15, 0.2) is 66.7 Å². The van der Waals surface area contributed by atoms with E-state index in [1.807, 2.05) is 63.2 Å². The zero-order valence-electron chi connectivity index (χ0n) is 18.2. The summed E-state index contributed by atoms with van der Waals surface area (Å²) in [6.45, 7) is 6.68. The van der Waals surface area contributed by atoms with E-state index < -0.39 is 6.10 Å². The molecule has 1 atom stereocenters. The lowest BCUT2D eigenvalue weighted by atomic mass is 10.1. The monoisotopic (exact) mass is 421 g/mol. The lowest BCUT2D eigenvalue weighted by Gasteiger charge is -2.19. The zero-order valence-corrected chi connectivity index (χ0v) is 18.2. The standard InChI is InChI=1S/C26H28FNO3/c1-4-24(31-25-15-18(2)5-6-19(25)3)26(29)28-16-20-9-13-23(14-10-20)30-17-21-7-11-22(27)12-8-21/h5-15,24H,4,16-17H2,1-3H3,(H,28,29)/t24-/m1/s1. The van der Waals surface area contributed by atoms with Crippen molar-refractivity contribution < 1.29 is 18.7 Å². The summed E-state index contributed by atoms with van der Waals surface area (Å²) in [7, 11) is 0. The summed E-state index contributed by atoms with van der Waals surface area (Å²) in [5.41, 5.74) is 3.96. The number of ether oxygens (including phenoxy) is 2. The van der Waals surface area contributed by atoms with E-state index in [2.05, 4.69) is 5.32 Å². The Morgan fingerprint density at radius 3 is 2.32 bits per heavy atom. The van der Waals surface area contributed by atoms with Crippen LogP contribution in [0.2, 0.25) is 0 Å². The van der Waals surface area contributed by atoms with E-state index in [0.717, 1.165) is 28.0 Å². The number of carbonyl (C=O) groups excluding carboxylic acids is 1. The van der Waals surface area contributed by atoms with Crippen molar-refractivity contribution >= 4 is 5.91 Å². The third kappa shape index (κ3) is 6.57. The second-order valence-corrected chi connectivity index (χ2v) is 7.56. The van der Waals surface area contributed by atoms with Crippen molar-refractivity contribution in [1.29, 1.82) is 0 Å². The van der Waals surface area contributed by atoms with Crippen molar-refractivity contribution in [2.24, 2.45) is 0 Å². The summed E-state index contributed by atoms with van der Waals surface area (Å²) in [4.78, 5) is 12.6. The number of halogens is 1. The van der Waals surface area contributed by atoms with Crippen molar-refractivity contribution in [2.45, 2.75) is 46.4 Å². The minimum atomic E-state index is -0.543. The highest BCUT2D eigenvalue weighted by Gasteiger charge is 2.19. The number of hydrogen-bond donors (Lipinski definition) is 1. The number of amides is 1. The normalized spacial score (nSPS) is 11.6. The van der Waals surface area contributed by atoms with Gasteiger partial charge in [0, 0.05) is 6.54 Å². The van der Waals surface area contributed by atoms with Gasteiger partial charge in [0.15, 0.2) is 6.10 Å². The van der Waals surface area contributed by atoms with Crippen LogP contribution < -0.4 is 14.8 Å². The van der Waals surface area contributed by atoms with Crippen LogP contribution in [-0.4, -0.2) is 12.0 Å². The minimum Gasteiger partial charge on any atom is -0.489 e. The first-order valence-electron chi connectivity index (χ1n) is 10.4. The number of aryl methyl sites for hydroxylation is 2. The molecule has 0 aliphatic rings. The Bertz CT molecular complexity index is 1000. The van der Waals surface area contributed by atoms with Gasteiger partial charge in [0.1, 0.15) is 23.9 Å². The van der Waals surface area contributed by atoms with Crippen LogP contribution in [-0.2, 0) is 17.9 Å². The molecule has 0 aliphatic heterocycles. The van der Waals surface area contributed by atoms with E-state index >= 15 is 0 Å². The summed E-state index contributed by atoms with van der Waals surface area (Å²) in [5.74, 6) is 1.05. The first-order chi connectivity index (χ1) is 14.9. The maximum absolute atomic E-state index is 13.0. The van der Waals surface area contributed by atoms with Crippen LogP contribution >= 0.6 is 0 Å². The third-order valence-electron chi connectivity index (χ3n) is 4.98. The van der Waals surface area contributed by atoms with Gasteiger partial charge in [0.2, 0.25) is 0 Å². The van der Waals surface area contributed by atoms with Crippen molar-refractivity contribution in [3.05, 3.63) is 94.8 Å². The molecule has 0 radical (unpaired) electrons. The largest absolute Gasteiger partial charge is 0.489 e. The Morgan fingerprint density at radius 1 is 0.968 bits per heavy atom. The molecular weight excluding hydrogens is 393 g/mol. The van der Waals surface area contributed by atoms with Crippen molar-refractivity contribution in [3.63, 3.8) is 0 Å². The molecule has 0 fully saturated rings. The summed E-state index contributed by atoms with van der Waals surface area (Å²) >= 11 is 0. The van der Waals surface area contributed by atoms with Gasteiger partial charge in [0.25, 0.3) is 5.91 Å². The highest BCUT2D eigenvalue weighted by Crippen LogP contribution is 2.21. The molecule has 0 aromatic heterocycles. The molecule has 0 saturated carbocycles. The Kier molecular flexibility index (Phi) is 7.65. The minimum absolute atomic E-state index is 0.139. The quantitative estimate of drug-likeness (QED) is 0.497. The van der Waals surface area contributed by atoms with Crippen molar-refractivity contribution in [3.8, 4) is 11.5 Å². The van der Waals surface area contributed by atoms with Crippen molar-refractivity contribution in [2.75, 3.05) is 0 Å². The Morgan fingerprint density at radius 2 is 1.65 bits per heavy atom. The third-order valence-corrected chi connectivity index (χ3v) is 4.98. The lowest BCUT2D eigenvalue weighted by molar-refractivity contribution is -0.128. The van der Waals surface area contributed by atoms with Gasteiger partial charge in [-0.3, -0.25) is 4.79 Å². The average molecular weight is 422 g/mol. The second kappa shape index (κ2) is 10.6. The summed E-state index contributed by atoms with van der Waals surface area (Å²) < 4.78 is 24.7. The van der Waals surface area contributed by atoms with Crippen LogP contribution in [0.1, 0.15) is 35.6 Å². The molecule has 0 saturated heterocycles. The van der Waals surface area contributed by atoms with Gasteiger partial charge in [-0.25, -0.2) is 4.39 Å². The summed E-state index contributed by atoms with van der Waals surface area (Å²) in [6.07, 6.45) is 0.0360. The van der Waals surface area contributed by atoms with Gasteiger partial charge in [-0.1, -0.05) is 43.3 Å². The number of carbonyl (C=O) groups is 1. The predicted molar refractivity (Wildman–Crippen MR) is 120 cm³/mol. The number of rotatable bonds is 9. The first-order valence-corrected chi connectivity index (χ1v) is 10.4. The highest BCUT2D eigenvalue weighted by atomic mass is 19.1. The molecule has 162 valence electrons. The molecule has 3 aromatic rings. The van der Waals surface area contributed by atoms with E-state index in [4.69, 9.17) is 9.47 Å². The van der Waals surface area contributed by atoms with Crippen LogP contribution in [0.3, 0.4) is 0 Å². The van der Waals surface area contributed by atoms with Gasteiger partial charge in [-0.05, 0) is 72.9 Å². The smallest absolute Gasteiger partial charge is 0.261 e. The fraction of sp³-hybridized carbons (Fsp3) is 0.269. The topological polar surface area (TPSA) is 47.6 Å². The molecule has 0 aliphatic carbocycles. The summed E-state index contributed by atoms with van der Waals surface area (Å²) in [5, 5.41) is 2.95. The first kappa shape index (κ1) is 22.3. The van der Waals surface area contributed by atoms with Gasteiger partial charge >= 0.3 is 0 Å². The molecular formula is C26H28FNO3. The molecule has 4 nitrogen and oxygen atoms in total. The summed E-state index contributed by atoms with van der Waals surface area (Å²) in [6, 6.07) is 19.7. The van der Waals surface area contributed by atoms with Gasteiger partial charge in [0.05, 0.1) is 0 Å². The van der Waals surface area contributed by atoms with Crippen LogP contribution in [0.4, 0.5) is 4.39 Å². The molecule has 3 aromatic carbocycles. The molecule has 0 spiro atoms. The molecule has 0 unspecified atom stereocenters. The SMILES string of the molecule is CC[C@@H](Oc1cc(C)ccc1C)C(=O)NCc1ccc(OCc2ccc(F)cc2)cc1. The number of benzene rings is 3. The van der Waals surface area contributed by atoms with E-state index in [-0.39, 0.29) is 11.7 Å². The van der Waals surface area contributed by atoms with Crippen LogP contribution in [0.25, 0.3) is 0 Å². The predicted octanol–water partition coefficient (Wildman–Crippen LogP) is 5.50. The molecule has 1 amide bonds. The van der Waals surface area contributed by atoms with Gasteiger partial charge < -0.3 is 14.8 Å². The van der Waals surface area contributed by atoms with Crippen molar-refractivity contribution in [1.82, 2.24) is 5.32 Å². The van der Waals surface area contributed by atoms with Gasteiger partial charge in [-0.2, -0.15) is 0 Å². The van der Waals surface area contributed by atoms with Gasteiger partial charge in [-0.15, -0.1) is 0 Å². The molecule has 0 bridgehead atoms. The maximum Gasteiger partial charge on any atom is 0.261 e. The Balaban J connectivity index is 1.50. The Labute approximate surface area is 183 Å².